The molecule has 4 unspecified atom stereocenters. The van der Waals surface area contributed by atoms with Gasteiger partial charge in [0.05, 0.1) is 24.2 Å². The van der Waals surface area contributed by atoms with Crippen LogP contribution in [0.1, 0.15) is 23.2 Å². The predicted molar refractivity (Wildman–Crippen MR) is 81.8 cm³/mol. The zero-order chi connectivity index (χ0) is 14.7. The van der Waals surface area contributed by atoms with Crippen molar-refractivity contribution in [3.8, 4) is 0 Å². The Bertz CT molecular complexity index is 678. The van der Waals surface area contributed by atoms with Crippen LogP contribution in [0, 0.1) is 0 Å². The van der Waals surface area contributed by atoms with Crippen molar-refractivity contribution in [1.82, 2.24) is 10.2 Å². The Hall–Kier alpha value is -1.72. The third-order valence-electron chi connectivity index (χ3n) is 4.99. The summed E-state index contributed by atoms with van der Waals surface area (Å²) in [5.41, 5.74) is 2.55. The Morgan fingerprint density at radius 3 is 2.23 bits per heavy atom. The van der Waals surface area contributed by atoms with Gasteiger partial charge in [0.2, 0.25) is 0 Å². The van der Waals surface area contributed by atoms with Crippen molar-refractivity contribution >= 4 is 0 Å². The molecule has 0 saturated carbocycles. The van der Waals surface area contributed by atoms with E-state index in [2.05, 4.69) is 58.7 Å². The molecule has 0 aromatic heterocycles. The minimum Gasteiger partial charge on any atom is -0.366 e. The molecular weight excluding hydrogens is 276 g/mol. The van der Waals surface area contributed by atoms with Crippen molar-refractivity contribution in [2.24, 2.45) is 0 Å². The summed E-state index contributed by atoms with van der Waals surface area (Å²) in [6, 6.07) is 21.8. The van der Waals surface area contributed by atoms with Gasteiger partial charge >= 0.3 is 0 Å². The molecule has 4 heteroatoms. The molecule has 3 saturated heterocycles. The van der Waals surface area contributed by atoms with Crippen molar-refractivity contribution in [2.45, 2.75) is 36.7 Å². The number of nitrogens with one attached hydrogen (secondary N) is 1. The SMILES string of the molecule is O[C@@H]1O[C@H]([C@H]2NC2c2ccccc2)N2C(c3ccccc3)C12. The predicted octanol–water partition coefficient (Wildman–Crippen LogP) is 1.80. The minimum atomic E-state index is -0.686. The van der Waals surface area contributed by atoms with Crippen molar-refractivity contribution in [3.05, 3.63) is 71.8 Å². The number of benzene rings is 2. The Kier molecular flexibility index (Phi) is 2.69. The molecule has 112 valence electrons. The molecule has 2 aromatic carbocycles. The molecule has 0 aliphatic carbocycles. The van der Waals surface area contributed by atoms with Crippen LogP contribution in [0.2, 0.25) is 0 Å². The quantitative estimate of drug-likeness (QED) is 0.848. The molecule has 7 atom stereocenters. The molecule has 3 fully saturated rings. The fourth-order valence-corrected chi connectivity index (χ4v) is 3.84. The molecule has 2 aromatic rings. The zero-order valence-electron chi connectivity index (χ0n) is 12.0. The lowest BCUT2D eigenvalue weighted by molar-refractivity contribution is -0.118. The largest absolute Gasteiger partial charge is 0.366 e. The van der Waals surface area contributed by atoms with Gasteiger partial charge in [0.25, 0.3) is 0 Å². The lowest BCUT2D eigenvalue weighted by atomic mass is 10.1. The third kappa shape index (κ3) is 1.85. The first-order valence-corrected chi connectivity index (χ1v) is 7.81. The monoisotopic (exact) mass is 294 g/mol. The molecule has 5 rings (SSSR count). The first-order chi connectivity index (χ1) is 10.8. The van der Waals surface area contributed by atoms with Crippen molar-refractivity contribution in [2.75, 3.05) is 0 Å². The summed E-state index contributed by atoms with van der Waals surface area (Å²) < 4.78 is 5.77. The molecule has 22 heavy (non-hydrogen) atoms. The van der Waals surface area contributed by atoms with E-state index in [1.807, 2.05) is 12.1 Å². The molecule has 0 spiro atoms. The van der Waals surface area contributed by atoms with Gasteiger partial charge in [-0.05, 0) is 11.1 Å². The van der Waals surface area contributed by atoms with Crippen LogP contribution in [0.15, 0.2) is 60.7 Å². The Morgan fingerprint density at radius 1 is 0.909 bits per heavy atom. The van der Waals surface area contributed by atoms with E-state index in [0.717, 1.165) is 0 Å². The van der Waals surface area contributed by atoms with Crippen LogP contribution < -0.4 is 5.32 Å². The van der Waals surface area contributed by atoms with E-state index in [4.69, 9.17) is 4.74 Å². The minimum absolute atomic E-state index is 0.0459. The molecule has 3 aliphatic heterocycles. The summed E-state index contributed by atoms with van der Waals surface area (Å²) in [5, 5.41) is 13.7. The smallest absolute Gasteiger partial charge is 0.174 e. The lowest BCUT2D eigenvalue weighted by Gasteiger charge is -2.17. The average molecular weight is 294 g/mol. The van der Waals surface area contributed by atoms with Crippen molar-refractivity contribution < 1.29 is 9.84 Å². The number of aliphatic hydroxyl groups excluding tert-OH is 1. The summed E-state index contributed by atoms with van der Waals surface area (Å²) in [5.74, 6) is 0. The number of hydrogen-bond acceptors (Lipinski definition) is 4. The van der Waals surface area contributed by atoms with Gasteiger partial charge in [0.15, 0.2) is 6.29 Å². The normalized spacial score (nSPS) is 42.0. The first kappa shape index (κ1) is 12.8. The molecule has 0 radical (unpaired) electrons. The summed E-state index contributed by atoms with van der Waals surface area (Å²) in [6.45, 7) is 0. The van der Waals surface area contributed by atoms with E-state index in [-0.39, 0.29) is 24.4 Å². The Morgan fingerprint density at radius 2 is 1.55 bits per heavy atom. The molecule has 0 amide bonds. The van der Waals surface area contributed by atoms with Gasteiger partial charge in [-0.1, -0.05) is 60.7 Å². The van der Waals surface area contributed by atoms with Gasteiger partial charge in [-0.15, -0.1) is 0 Å². The van der Waals surface area contributed by atoms with Crippen molar-refractivity contribution in [3.63, 3.8) is 0 Å². The van der Waals surface area contributed by atoms with E-state index in [9.17, 15) is 5.11 Å². The van der Waals surface area contributed by atoms with Gasteiger partial charge in [0.1, 0.15) is 6.23 Å². The number of ether oxygens (including phenoxy) is 1. The van der Waals surface area contributed by atoms with Crippen LogP contribution in [0.3, 0.4) is 0 Å². The van der Waals surface area contributed by atoms with Crippen molar-refractivity contribution in [1.29, 1.82) is 0 Å². The van der Waals surface area contributed by atoms with E-state index >= 15 is 0 Å². The van der Waals surface area contributed by atoms with Gasteiger partial charge < -0.3 is 15.2 Å². The van der Waals surface area contributed by atoms with Gasteiger partial charge in [-0.2, -0.15) is 0 Å². The topological polar surface area (TPSA) is 54.4 Å². The standard InChI is InChI=1S/C18H18N2O2/c21-18-16-15(12-9-5-2-6-10-12)20(16)17(22-18)14-13(19-14)11-7-3-1-4-8-11/h1-10,13-19,21H/t13?,14-,15?,16?,17+,18+,20?/m0/s1. The summed E-state index contributed by atoms with van der Waals surface area (Å²) >= 11 is 0. The Balaban J connectivity index is 1.35. The summed E-state index contributed by atoms with van der Waals surface area (Å²) in [6.07, 6.45) is -0.732. The van der Waals surface area contributed by atoms with Crippen LogP contribution in [0.5, 0.6) is 0 Å². The molecule has 0 bridgehead atoms. The second-order valence-corrected chi connectivity index (χ2v) is 6.29. The molecular formula is C18H18N2O2. The highest BCUT2D eigenvalue weighted by Gasteiger charge is 2.66. The fourth-order valence-electron chi connectivity index (χ4n) is 3.84. The highest BCUT2D eigenvalue weighted by molar-refractivity contribution is 5.33. The number of rotatable bonds is 3. The van der Waals surface area contributed by atoms with E-state index < -0.39 is 6.29 Å². The average Bonchev–Trinajstić information content (AvgIpc) is 3.47. The second-order valence-electron chi connectivity index (χ2n) is 6.29. The van der Waals surface area contributed by atoms with Gasteiger partial charge in [-0.3, -0.25) is 4.90 Å². The number of fused-ring (bicyclic) bond motifs is 1. The zero-order valence-corrected chi connectivity index (χ0v) is 12.0. The maximum atomic E-state index is 10.2. The fraction of sp³-hybridized carbons (Fsp3) is 0.333. The maximum Gasteiger partial charge on any atom is 0.174 e. The molecule has 2 N–H and O–H groups in total. The van der Waals surface area contributed by atoms with Crippen LogP contribution in [-0.4, -0.2) is 34.6 Å². The highest BCUT2D eigenvalue weighted by Crippen LogP contribution is 2.55. The third-order valence-corrected chi connectivity index (χ3v) is 4.99. The van der Waals surface area contributed by atoms with E-state index in [1.54, 1.807) is 0 Å². The Labute approximate surface area is 129 Å². The first-order valence-electron chi connectivity index (χ1n) is 7.81. The van der Waals surface area contributed by atoms with Gasteiger partial charge in [0, 0.05) is 0 Å². The molecule has 3 aliphatic rings. The highest BCUT2D eigenvalue weighted by atomic mass is 16.6. The van der Waals surface area contributed by atoms with Crippen LogP contribution >= 0.6 is 0 Å². The lowest BCUT2D eigenvalue weighted by Crippen LogP contribution is -2.29. The number of aliphatic hydroxyl groups is 1. The van der Waals surface area contributed by atoms with Crippen LogP contribution in [-0.2, 0) is 4.74 Å². The molecule has 4 nitrogen and oxygen atoms in total. The van der Waals surface area contributed by atoms with Crippen LogP contribution in [0.4, 0.5) is 0 Å². The number of nitrogens with zero attached hydrogens (tertiary/aromatic N) is 1. The molecule has 3 heterocycles. The summed E-state index contributed by atoms with van der Waals surface area (Å²) in [7, 11) is 0. The number of hydrogen-bond donors (Lipinski definition) is 2. The summed E-state index contributed by atoms with van der Waals surface area (Å²) in [4.78, 5) is 2.29. The van der Waals surface area contributed by atoms with Gasteiger partial charge in [-0.25, -0.2) is 0 Å². The maximum absolute atomic E-state index is 10.2. The van der Waals surface area contributed by atoms with E-state index in [1.165, 1.54) is 11.1 Å². The van der Waals surface area contributed by atoms with Crippen LogP contribution in [0.25, 0.3) is 0 Å². The second kappa shape index (κ2) is 4.64. The van der Waals surface area contributed by atoms with E-state index in [0.29, 0.717) is 6.04 Å².